The van der Waals surface area contributed by atoms with Gasteiger partial charge in [0, 0.05) is 37.8 Å². The molecule has 4 heteroatoms. The number of hydrogen-bond donors (Lipinski definition) is 1. The standard InChI is InChI=1S/C20H26N2O2/c23-19(10-11-20(24)22-14-12-21-13-15-22)18-8-6-17(7-9-18)16-4-2-1-3-5-16/h6-11,16,21H,1-5,12-15H2/b11-10+. The van der Waals surface area contributed by atoms with Crippen molar-refractivity contribution >= 4 is 11.7 Å². The van der Waals surface area contributed by atoms with E-state index in [2.05, 4.69) is 17.4 Å². The van der Waals surface area contributed by atoms with Crippen LogP contribution in [0.2, 0.25) is 0 Å². The van der Waals surface area contributed by atoms with Crippen molar-refractivity contribution in [3.05, 3.63) is 47.5 Å². The number of nitrogens with zero attached hydrogens (tertiary/aromatic N) is 1. The van der Waals surface area contributed by atoms with Crippen molar-refractivity contribution < 1.29 is 9.59 Å². The molecule has 4 nitrogen and oxygen atoms in total. The van der Waals surface area contributed by atoms with Crippen molar-refractivity contribution in [2.75, 3.05) is 26.2 Å². The zero-order valence-electron chi connectivity index (χ0n) is 14.2. The maximum Gasteiger partial charge on any atom is 0.246 e. The number of hydrogen-bond acceptors (Lipinski definition) is 3. The van der Waals surface area contributed by atoms with Crippen molar-refractivity contribution in [3.8, 4) is 0 Å². The highest BCUT2D eigenvalue weighted by atomic mass is 16.2. The van der Waals surface area contributed by atoms with Gasteiger partial charge in [-0.3, -0.25) is 9.59 Å². The normalized spacial score (nSPS) is 19.6. The minimum absolute atomic E-state index is 0.0799. The van der Waals surface area contributed by atoms with Crippen LogP contribution in [0.1, 0.15) is 53.9 Å². The first-order valence-corrected chi connectivity index (χ1v) is 9.06. The van der Waals surface area contributed by atoms with E-state index in [1.54, 1.807) is 4.90 Å². The van der Waals surface area contributed by atoms with Crippen molar-refractivity contribution in [1.29, 1.82) is 0 Å². The summed E-state index contributed by atoms with van der Waals surface area (Å²) >= 11 is 0. The number of allylic oxidation sites excluding steroid dienone is 1. The molecule has 1 aromatic rings. The van der Waals surface area contributed by atoms with Gasteiger partial charge in [0.05, 0.1) is 0 Å². The first-order valence-electron chi connectivity index (χ1n) is 9.06. The molecule has 0 bridgehead atoms. The predicted molar refractivity (Wildman–Crippen MR) is 95.2 cm³/mol. The lowest BCUT2D eigenvalue weighted by molar-refractivity contribution is -0.126. The molecule has 1 heterocycles. The van der Waals surface area contributed by atoms with Gasteiger partial charge in [0.2, 0.25) is 5.91 Å². The van der Waals surface area contributed by atoms with Gasteiger partial charge in [0.1, 0.15) is 0 Å². The molecule has 128 valence electrons. The van der Waals surface area contributed by atoms with Crippen LogP contribution >= 0.6 is 0 Å². The zero-order valence-corrected chi connectivity index (χ0v) is 14.2. The van der Waals surface area contributed by atoms with Crippen LogP contribution in [0.25, 0.3) is 0 Å². The molecule has 0 unspecified atom stereocenters. The van der Waals surface area contributed by atoms with Crippen LogP contribution in [-0.4, -0.2) is 42.8 Å². The smallest absolute Gasteiger partial charge is 0.246 e. The SMILES string of the molecule is O=C(/C=C/C(=O)N1CCNCC1)c1ccc(C2CCCCC2)cc1. The number of ketones is 1. The van der Waals surface area contributed by atoms with Crippen LogP contribution in [0, 0.1) is 0 Å². The Hall–Kier alpha value is -1.94. The fourth-order valence-corrected chi connectivity index (χ4v) is 3.59. The first-order chi connectivity index (χ1) is 11.7. The first kappa shape index (κ1) is 16.9. The Morgan fingerprint density at radius 1 is 0.958 bits per heavy atom. The molecule has 2 aliphatic rings. The summed E-state index contributed by atoms with van der Waals surface area (Å²) < 4.78 is 0. The number of benzene rings is 1. The molecule has 0 aromatic heterocycles. The number of carbonyl (C=O) groups is 2. The van der Waals surface area contributed by atoms with Crippen LogP contribution in [-0.2, 0) is 4.79 Å². The predicted octanol–water partition coefficient (Wildman–Crippen LogP) is 2.91. The van der Waals surface area contributed by atoms with Crippen LogP contribution in [0.4, 0.5) is 0 Å². The van der Waals surface area contributed by atoms with E-state index in [0.29, 0.717) is 24.6 Å². The Kier molecular flexibility index (Phi) is 5.81. The number of nitrogens with one attached hydrogen (secondary N) is 1. The third-order valence-corrected chi connectivity index (χ3v) is 5.08. The highest BCUT2D eigenvalue weighted by molar-refractivity contribution is 6.07. The summed E-state index contributed by atoms with van der Waals surface area (Å²) in [5.74, 6) is 0.463. The van der Waals surface area contributed by atoms with Crippen LogP contribution in [0.5, 0.6) is 0 Å². The summed E-state index contributed by atoms with van der Waals surface area (Å²) in [6, 6.07) is 7.95. The summed E-state index contributed by atoms with van der Waals surface area (Å²) in [4.78, 5) is 26.1. The Morgan fingerprint density at radius 2 is 1.62 bits per heavy atom. The van der Waals surface area contributed by atoms with Crippen molar-refractivity contribution in [2.24, 2.45) is 0 Å². The molecule has 1 N–H and O–H groups in total. The molecule has 1 saturated carbocycles. The molecular weight excluding hydrogens is 300 g/mol. The van der Waals surface area contributed by atoms with Crippen molar-refractivity contribution in [1.82, 2.24) is 10.2 Å². The van der Waals surface area contributed by atoms with Crippen molar-refractivity contribution in [3.63, 3.8) is 0 Å². The molecular formula is C20H26N2O2. The number of amides is 1. The molecule has 1 saturated heterocycles. The highest BCUT2D eigenvalue weighted by Crippen LogP contribution is 2.32. The maximum atomic E-state index is 12.2. The van der Waals surface area contributed by atoms with Crippen LogP contribution in [0.3, 0.4) is 0 Å². The van der Waals surface area contributed by atoms with E-state index < -0.39 is 0 Å². The quantitative estimate of drug-likeness (QED) is 0.684. The van der Waals surface area contributed by atoms with Gasteiger partial charge in [-0.1, -0.05) is 43.5 Å². The van der Waals surface area contributed by atoms with E-state index in [-0.39, 0.29) is 11.7 Å². The van der Waals surface area contributed by atoms with Gasteiger partial charge in [-0.15, -0.1) is 0 Å². The Bertz CT molecular complexity index is 595. The molecule has 0 atom stereocenters. The number of piperazine rings is 1. The summed E-state index contributed by atoms with van der Waals surface area (Å²) in [6.07, 6.45) is 9.28. The van der Waals surface area contributed by atoms with Crippen LogP contribution in [0.15, 0.2) is 36.4 Å². The fourth-order valence-electron chi connectivity index (χ4n) is 3.59. The number of rotatable bonds is 4. The summed E-state index contributed by atoms with van der Waals surface area (Å²) in [7, 11) is 0. The molecule has 2 fully saturated rings. The minimum Gasteiger partial charge on any atom is -0.337 e. The Morgan fingerprint density at radius 3 is 2.29 bits per heavy atom. The van der Waals surface area contributed by atoms with E-state index in [4.69, 9.17) is 0 Å². The summed E-state index contributed by atoms with van der Waals surface area (Å²) in [5.41, 5.74) is 1.99. The van der Waals surface area contributed by atoms with Gasteiger partial charge in [0.25, 0.3) is 0 Å². The summed E-state index contributed by atoms with van der Waals surface area (Å²) in [5, 5.41) is 3.21. The lowest BCUT2D eigenvalue weighted by Gasteiger charge is -2.26. The summed E-state index contributed by atoms with van der Waals surface area (Å²) in [6.45, 7) is 3.03. The van der Waals surface area contributed by atoms with E-state index in [9.17, 15) is 9.59 Å². The molecule has 1 amide bonds. The molecule has 1 aliphatic carbocycles. The maximum absolute atomic E-state index is 12.2. The minimum atomic E-state index is -0.103. The van der Waals surface area contributed by atoms with Crippen molar-refractivity contribution in [2.45, 2.75) is 38.0 Å². The van der Waals surface area contributed by atoms with E-state index in [0.717, 1.165) is 13.1 Å². The fraction of sp³-hybridized carbons (Fsp3) is 0.500. The lowest BCUT2D eigenvalue weighted by Crippen LogP contribution is -2.45. The molecule has 24 heavy (non-hydrogen) atoms. The second-order valence-corrected chi connectivity index (χ2v) is 6.73. The largest absolute Gasteiger partial charge is 0.337 e. The topological polar surface area (TPSA) is 49.4 Å². The van der Waals surface area contributed by atoms with Gasteiger partial charge in [-0.25, -0.2) is 0 Å². The average Bonchev–Trinajstić information content (AvgIpc) is 2.67. The molecule has 3 rings (SSSR count). The van der Waals surface area contributed by atoms with Gasteiger partial charge >= 0.3 is 0 Å². The van der Waals surface area contributed by atoms with Gasteiger partial charge in [0.15, 0.2) is 5.78 Å². The molecule has 1 aromatic carbocycles. The van der Waals surface area contributed by atoms with Crippen LogP contribution < -0.4 is 5.32 Å². The molecule has 0 radical (unpaired) electrons. The third kappa shape index (κ3) is 4.32. The monoisotopic (exact) mass is 326 g/mol. The highest BCUT2D eigenvalue weighted by Gasteiger charge is 2.16. The molecule has 1 aliphatic heterocycles. The second-order valence-electron chi connectivity index (χ2n) is 6.73. The zero-order chi connectivity index (χ0) is 16.8. The van der Waals surface area contributed by atoms with E-state index >= 15 is 0 Å². The van der Waals surface area contributed by atoms with E-state index in [1.807, 2.05) is 12.1 Å². The van der Waals surface area contributed by atoms with Gasteiger partial charge in [-0.05, 0) is 30.4 Å². The third-order valence-electron chi connectivity index (χ3n) is 5.08. The Labute approximate surface area is 143 Å². The lowest BCUT2D eigenvalue weighted by atomic mass is 9.84. The van der Waals surface area contributed by atoms with Gasteiger partial charge in [-0.2, -0.15) is 0 Å². The molecule has 0 spiro atoms. The second kappa shape index (κ2) is 8.25. The average molecular weight is 326 g/mol. The number of carbonyl (C=O) groups excluding carboxylic acids is 2. The van der Waals surface area contributed by atoms with Gasteiger partial charge < -0.3 is 10.2 Å². The van der Waals surface area contributed by atoms with E-state index in [1.165, 1.54) is 49.8 Å². The Balaban J connectivity index is 1.58.